The lowest BCUT2D eigenvalue weighted by molar-refractivity contribution is 0.102. The van der Waals surface area contributed by atoms with E-state index in [2.05, 4.69) is 15.0 Å². The van der Waals surface area contributed by atoms with Gasteiger partial charge < -0.3 is 5.32 Å². The normalized spacial score (nSPS) is 11.4. The van der Waals surface area contributed by atoms with Crippen LogP contribution in [0.25, 0.3) is 10.2 Å². The Morgan fingerprint density at radius 3 is 2.53 bits per heavy atom. The number of aromatic nitrogens is 1. The zero-order chi connectivity index (χ0) is 21.3. The van der Waals surface area contributed by atoms with Gasteiger partial charge in [0.2, 0.25) is 0 Å². The highest BCUT2D eigenvalue weighted by atomic mass is 32.2. The number of nitrogens with one attached hydrogen (secondary N) is 2. The molecule has 0 unspecified atom stereocenters. The molecule has 0 aliphatic carbocycles. The van der Waals surface area contributed by atoms with Gasteiger partial charge in [-0.3, -0.25) is 9.52 Å². The van der Waals surface area contributed by atoms with Crippen molar-refractivity contribution < 1.29 is 17.6 Å². The van der Waals surface area contributed by atoms with Gasteiger partial charge in [0.05, 0.1) is 20.1 Å². The Morgan fingerprint density at radius 1 is 1.00 bits per heavy atom. The number of benzene rings is 3. The molecule has 3 aromatic carbocycles. The Morgan fingerprint density at radius 2 is 1.77 bits per heavy atom. The number of hydrogen-bond acceptors (Lipinski definition) is 5. The van der Waals surface area contributed by atoms with Crippen LogP contribution in [0.2, 0.25) is 0 Å². The van der Waals surface area contributed by atoms with Crippen LogP contribution in [0.5, 0.6) is 0 Å². The second-order valence-electron chi connectivity index (χ2n) is 6.51. The topological polar surface area (TPSA) is 88.2 Å². The van der Waals surface area contributed by atoms with Crippen molar-refractivity contribution >= 4 is 48.9 Å². The molecule has 6 nitrogen and oxygen atoms in total. The molecule has 0 spiro atoms. The maximum Gasteiger partial charge on any atom is 0.261 e. The van der Waals surface area contributed by atoms with Crippen LogP contribution in [0.1, 0.15) is 15.4 Å². The first kappa shape index (κ1) is 20.0. The first-order valence-electron chi connectivity index (χ1n) is 8.87. The fourth-order valence-electron chi connectivity index (χ4n) is 2.88. The molecule has 1 amide bonds. The minimum atomic E-state index is -3.91. The van der Waals surface area contributed by atoms with E-state index in [0.717, 1.165) is 27.4 Å². The van der Waals surface area contributed by atoms with Crippen molar-refractivity contribution in [1.82, 2.24) is 4.98 Å². The zero-order valence-electron chi connectivity index (χ0n) is 15.7. The highest BCUT2D eigenvalue weighted by molar-refractivity contribution is 7.92. The summed E-state index contributed by atoms with van der Waals surface area (Å²) in [7, 11) is -3.91. The summed E-state index contributed by atoms with van der Waals surface area (Å²) < 4.78 is 41.4. The lowest BCUT2D eigenvalue weighted by Crippen LogP contribution is -2.15. The number of amides is 1. The summed E-state index contributed by atoms with van der Waals surface area (Å²) in [6.07, 6.45) is 0. The van der Waals surface area contributed by atoms with Gasteiger partial charge >= 0.3 is 0 Å². The number of anilines is 2. The van der Waals surface area contributed by atoms with Gasteiger partial charge in [0.25, 0.3) is 15.9 Å². The van der Waals surface area contributed by atoms with E-state index >= 15 is 0 Å². The molecule has 0 aliphatic heterocycles. The molecular weight excluding hydrogens is 425 g/mol. The third-order valence-electron chi connectivity index (χ3n) is 4.25. The standard InChI is InChI=1S/C21H16FN3O3S2/c1-13-23-19-12-16(7-10-20(19)29-13)24-21(26)14-3-2-4-17(11-14)25-30(27,28)18-8-5-15(22)6-9-18/h2-12,25H,1H3,(H,24,26). The van der Waals surface area contributed by atoms with Crippen LogP contribution < -0.4 is 10.0 Å². The Labute approximate surface area is 176 Å². The maximum atomic E-state index is 13.0. The van der Waals surface area contributed by atoms with E-state index in [-0.39, 0.29) is 22.1 Å². The van der Waals surface area contributed by atoms with Gasteiger partial charge in [0.15, 0.2) is 0 Å². The molecule has 9 heteroatoms. The number of fused-ring (bicyclic) bond motifs is 1. The Hall–Kier alpha value is -3.30. The Balaban J connectivity index is 1.53. The smallest absolute Gasteiger partial charge is 0.261 e. The minimum Gasteiger partial charge on any atom is -0.322 e. The van der Waals surface area contributed by atoms with Crippen molar-refractivity contribution in [2.45, 2.75) is 11.8 Å². The van der Waals surface area contributed by atoms with Gasteiger partial charge in [-0.15, -0.1) is 11.3 Å². The van der Waals surface area contributed by atoms with E-state index in [9.17, 15) is 17.6 Å². The quantitative estimate of drug-likeness (QED) is 0.466. The van der Waals surface area contributed by atoms with Gasteiger partial charge in [-0.05, 0) is 67.6 Å². The first-order valence-corrected chi connectivity index (χ1v) is 11.2. The second-order valence-corrected chi connectivity index (χ2v) is 9.43. The molecular formula is C21H16FN3O3S2. The molecule has 1 aromatic heterocycles. The number of sulfonamides is 1. The average Bonchev–Trinajstić information content (AvgIpc) is 3.07. The fraction of sp³-hybridized carbons (Fsp3) is 0.0476. The van der Waals surface area contributed by atoms with Crippen LogP contribution in [0.3, 0.4) is 0 Å². The van der Waals surface area contributed by atoms with Crippen LogP contribution in [-0.2, 0) is 10.0 Å². The van der Waals surface area contributed by atoms with Crippen molar-refractivity contribution in [2.24, 2.45) is 0 Å². The maximum absolute atomic E-state index is 13.0. The lowest BCUT2D eigenvalue weighted by atomic mass is 10.2. The molecule has 0 saturated carbocycles. The molecule has 0 saturated heterocycles. The summed E-state index contributed by atoms with van der Waals surface area (Å²) in [6.45, 7) is 1.92. The molecule has 0 radical (unpaired) electrons. The van der Waals surface area contributed by atoms with Crippen LogP contribution in [0, 0.1) is 12.7 Å². The number of carbonyl (C=O) groups excluding carboxylic acids is 1. The number of thiazole rings is 1. The van der Waals surface area contributed by atoms with Crippen LogP contribution in [-0.4, -0.2) is 19.3 Å². The molecule has 1 heterocycles. The van der Waals surface area contributed by atoms with E-state index in [1.165, 1.54) is 24.3 Å². The van der Waals surface area contributed by atoms with Crippen molar-refractivity contribution in [3.8, 4) is 0 Å². The van der Waals surface area contributed by atoms with Crippen molar-refractivity contribution in [1.29, 1.82) is 0 Å². The molecule has 0 atom stereocenters. The largest absolute Gasteiger partial charge is 0.322 e. The average molecular weight is 442 g/mol. The third kappa shape index (κ3) is 4.32. The Kier molecular flexibility index (Phi) is 5.23. The van der Waals surface area contributed by atoms with Gasteiger partial charge in [-0.2, -0.15) is 0 Å². The number of nitrogens with zero attached hydrogens (tertiary/aromatic N) is 1. The molecule has 0 aliphatic rings. The number of hydrogen-bond donors (Lipinski definition) is 2. The van der Waals surface area contributed by atoms with Gasteiger partial charge in [-0.25, -0.2) is 17.8 Å². The summed E-state index contributed by atoms with van der Waals surface area (Å²) in [4.78, 5) is 17.0. The molecule has 30 heavy (non-hydrogen) atoms. The predicted molar refractivity (Wildman–Crippen MR) is 116 cm³/mol. The lowest BCUT2D eigenvalue weighted by Gasteiger charge is -2.10. The fourth-order valence-corrected chi connectivity index (χ4v) is 4.73. The SMILES string of the molecule is Cc1nc2cc(NC(=O)c3cccc(NS(=O)(=O)c4ccc(F)cc4)c3)ccc2s1. The summed E-state index contributed by atoms with van der Waals surface area (Å²) in [5, 5.41) is 3.73. The highest BCUT2D eigenvalue weighted by Gasteiger charge is 2.15. The summed E-state index contributed by atoms with van der Waals surface area (Å²) in [5.41, 5.74) is 1.90. The molecule has 4 rings (SSSR count). The van der Waals surface area contributed by atoms with Crippen molar-refractivity contribution in [3.63, 3.8) is 0 Å². The van der Waals surface area contributed by atoms with E-state index in [1.54, 1.807) is 35.6 Å². The zero-order valence-corrected chi connectivity index (χ0v) is 17.4. The van der Waals surface area contributed by atoms with E-state index in [0.29, 0.717) is 5.69 Å². The molecule has 0 fully saturated rings. The second kappa shape index (κ2) is 7.85. The Bertz CT molecular complexity index is 1350. The molecule has 0 bridgehead atoms. The number of carbonyl (C=O) groups is 1. The summed E-state index contributed by atoms with van der Waals surface area (Å²) in [6, 6.07) is 16.1. The predicted octanol–water partition coefficient (Wildman–Crippen LogP) is 4.80. The van der Waals surface area contributed by atoms with Gasteiger partial charge in [0, 0.05) is 16.9 Å². The van der Waals surface area contributed by atoms with E-state index in [1.807, 2.05) is 13.0 Å². The molecule has 152 valence electrons. The number of aryl methyl sites for hydroxylation is 1. The third-order valence-corrected chi connectivity index (χ3v) is 6.60. The monoisotopic (exact) mass is 441 g/mol. The van der Waals surface area contributed by atoms with E-state index < -0.39 is 15.8 Å². The minimum absolute atomic E-state index is 0.0781. The first-order chi connectivity index (χ1) is 14.3. The highest BCUT2D eigenvalue weighted by Crippen LogP contribution is 2.25. The number of halogens is 1. The van der Waals surface area contributed by atoms with Crippen LogP contribution >= 0.6 is 11.3 Å². The van der Waals surface area contributed by atoms with Crippen molar-refractivity contribution in [3.05, 3.63) is 83.1 Å². The van der Waals surface area contributed by atoms with Crippen molar-refractivity contribution in [2.75, 3.05) is 10.0 Å². The van der Waals surface area contributed by atoms with E-state index in [4.69, 9.17) is 0 Å². The number of rotatable bonds is 5. The van der Waals surface area contributed by atoms with Crippen LogP contribution in [0.15, 0.2) is 71.6 Å². The van der Waals surface area contributed by atoms with Gasteiger partial charge in [0.1, 0.15) is 5.82 Å². The summed E-state index contributed by atoms with van der Waals surface area (Å²) in [5.74, 6) is -0.914. The van der Waals surface area contributed by atoms with Gasteiger partial charge in [-0.1, -0.05) is 6.07 Å². The molecule has 2 N–H and O–H groups in total. The summed E-state index contributed by atoms with van der Waals surface area (Å²) >= 11 is 1.57. The molecule has 4 aromatic rings. The van der Waals surface area contributed by atoms with Crippen LogP contribution in [0.4, 0.5) is 15.8 Å².